The van der Waals surface area contributed by atoms with Crippen LogP contribution in [0.25, 0.3) is 0 Å². The Hall–Kier alpha value is -1.73. The summed E-state index contributed by atoms with van der Waals surface area (Å²) in [5.74, 6) is 0.180. The molecule has 1 aliphatic heterocycles. The molecule has 0 atom stereocenters. The number of nitrogens with zero attached hydrogens (tertiary/aromatic N) is 2. The lowest BCUT2D eigenvalue weighted by Gasteiger charge is -2.34. The monoisotopic (exact) mass is 314 g/mol. The van der Waals surface area contributed by atoms with E-state index in [4.69, 9.17) is 4.74 Å². The van der Waals surface area contributed by atoms with Crippen molar-refractivity contribution >= 4 is 5.91 Å². The van der Waals surface area contributed by atoms with E-state index in [1.54, 1.807) is 29.2 Å². The molecule has 0 unspecified atom stereocenters. The predicted octanol–water partition coefficient (Wildman–Crippen LogP) is 1.58. The zero-order valence-electron chi connectivity index (χ0n) is 12.5. The van der Waals surface area contributed by atoms with Gasteiger partial charge in [-0.05, 0) is 6.07 Å². The lowest BCUT2D eigenvalue weighted by molar-refractivity contribution is -0.137. The Bertz CT molecular complexity index is 491. The van der Waals surface area contributed by atoms with Gasteiger partial charge in [0, 0.05) is 45.4 Å². The van der Waals surface area contributed by atoms with E-state index < -0.39 is 6.61 Å². The molecule has 122 valence electrons. The number of rotatable bonds is 6. The zero-order chi connectivity index (χ0) is 15.9. The highest BCUT2D eigenvalue weighted by molar-refractivity contribution is 5.77. The van der Waals surface area contributed by atoms with Crippen LogP contribution >= 0.6 is 0 Å². The lowest BCUT2D eigenvalue weighted by atomic mass is 10.1. The SMILES string of the molecule is COCC(=O)N1CCN(Cc2ccccc2OC(F)F)CC1. The molecule has 0 bridgehead atoms. The van der Waals surface area contributed by atoms with Crippen LogP contribution in [0, 0.1) is 0 Å². The van der Waals surface area contributed by atoms with E-state index in [9.17, 15) is 13.6 Å². The molecule has 1 saturated heterocycles. The third-order valence-corrected chi connectivity index (χ3v) is 3.58. The Labute approximate surface area is 128 Å². The molecular formula is C15H20F2N2O3. The maximum Gasteiger partial charge on any atom is 0.387 e. The number of alkyl halides is 2. The fraction of sp³-hybridized carbons (Fsp3) is 0.533. The van der Waals surface area contributed by atoms with E-state index >= 15 is 0 Å². The minimum atomic E-state index is -2.83. The second-order valence-corrected chi connectivity index (χ2v) is 5.08. The highest BCUT2D eigenvalue weighted by Crippen LogP contribution is 2.22. The molecule has 1 aliphatic rings. The van der Waals surface area contributed by atoms with Gasteiger partial charge in [0.25, 0.3) is 0 Å². The first-order valence-electron chi connectivity index (χ1n) is 7.12. The molecule has 1 aromatic rings. The molecule has 5 nitrogen and oxygen atoms in total. The first kappa shape index (κ1) is 16.6. The molecule has 22 heavy (non-hydrogen) atoms. The van der Waals surface area contributed by atoms with Crippen LogP contribution in [0.1, 0.15) is 5.56 Å². The molecule has 0 aromatic heterocycles. The topological polar surface area (TPSA) is 42.0 Å². The van der Waals surface area contributed by atoms with E-state index in [0.717, 1.165) is 5.56 Å². The number of amides is 1. The van der Waals surface area contributed by atoms with Crippen LogP contribution in [0.4, 0.5) is 8.78 Å². The summed E-state index contributed by atoms with van der Waals surface area (Å²) in [5, 5.41) is 0. The quantitative estimate of drug-likeness (QED) is 0.799. The van der Waals surface area contributed by atoms with Gasteiger partial charge in [-0.15, -0.1) is 0 Å². The Morgan fingerprint density at radius 2 is 1.91 bits per heavy atom. The Morgan fingerprint density at radius 3 is 2.55 bits per heavy atom. The predicted molar refractivity (Wildman–Crippen MR) is 76.8 cm³/mol. The van der Waals surface area contributed by atoms with Crippen molar-refractivity contribution in [3.05, 3.63) is 29.8 Å². The van der Waals surface area contributed by atoms with Crippen LogP contribution in [-0.4, -0.2) is 62.2 Å². The van der Waals surface area contributed by atoms with Crippen molar-refractivity contribution in [2.24, 2.45) is 0 Å². The van der Waals surface area contributed by atoms with E-state index in [1.807, 2.05) is 0 Å². The molecule has 1 fully saturated rings. The van der Waals surface area contributed by atoms with Gasteiger partial charge in [-0.3, -0.25) is 9.69 Å². The standard InChI is InChI=1S/C15H20F2N2O3/c1-21-11-14(20)19-8-6-18(7-9-19)10-12-4-2-3-5-13(12)22-15(16)17/h2-5,15H,6-11H2,1H3. The fourth-order valence-electron chi connectivity index (χ4n) is 2.46. The minimum Gasteiger partial charge on any atom is -0.434 e. The van der Waals surface area contributed by atoms with Crippen LogP contribution in [0.3, 0.4) is 0 Å². The van der Waals surface area contributed by atoms with E-state index in [0.29, 0.717) is 32.7 Å². The van der Waals surface area contributed by atoms with Crippen molar-refractivity contribution in [3.8, 4) is 5.75 Å². The molecule has 1 aromatic carbocycles. The number of piperazine rings is 1. The number of hydrogen-bond acceptors (Lipinski definition) is 4. The van der Waals surface area contributed by atoms with Crippen LogP contribution in [0.15, 0.2) is 24.3 Å². The second kappa shape index (κ2) is 8.05. The number of halogens is 2. The molecule has 0 N–H and O–H groups in total. The minimum absolute atomic E-state index is 0.0245. The Kier molecular flexibility index (Phi) is 6.09. The van der Waals surface area contributed by atoms with Gasteiger partial charge in [-0.2, -0.15) is 8.78 Å². The summed E-state index contributed by atoms with van der Waals surface area (Å²) in [5.41, 5.74) is 0.722. The van der Waals surface area contributed by atoms with Crippen LogP contribution in [-0.2, 0) is 16.1 Å². The molecular weight excluding hydrogens is 294 g/mol. The number of para-hydroxylation sites is 1. The maximum atomic E-state index is 12.4. The molecule has 0 radical (unpaired) electrons. The van der Waals surface area contributed by atoms with Gasteiger partial charge >= 0.3 is 6.61 Å². The summed E-state index contributed by atoms with van der Waals surface area (Å²) < 4.78 is 34.2. The third kappa shape index (κ3) is 4.64. The van der Waals surface area contributed by atoms with Gasteiger partial charge in [0.05, 0.1) is 0 Å². The summed E-state index contributed by atoms with van der Waals surface area (Å²) in [6, 6.07) is 6.79. The first-order valence-corrected chi connectivity index (χ1v) is 7.12. The van der Waals surface area contributed by atoms with Gasteiger partial charge in [-0.1, -0.05) is 18.2 Å². The van der Waals surface area contributed by atoms with E-state index in [1.165, 1.54) is 7.11 Å². The molecule has 0 spiro atoms. The average molecular weight is 314 g/mol. The summed E-state index contributed by atoms with van der Waals surface area (Å²) in [7, 11) is 1.49. The number of benzene rings is 1. The van der Waals surface area contributed by atoms with Crippen molar-refractivity contribution in [2.45, 2.75) is 13.2 Å². The van der Waals surface area contributed by atoms with Crippen molar-refractivity contribution in [1.29, 1.82) is 0 Å². The maximum absolute atomic E-state index is 12.4. The smallest absolute Gasteiger partial charge is 0.387 e. The van der Waals surface area contributed by atoms with Gasteiger partial charge in [0.15, 0.2) is 0 Å². The second-order valence-electron chi connectivity index (χ2n) is 5.08. The Morgan fingerprint density at radius 1 is 1.23 bits per heavy atom. The number of carbonyl (C=O) groups is 1. The van der Waals surface area contributed by atoms with Gasteiger partial charge in [-0.25, -0.2) is 0 Å². The van der Waals surface area contributed by atoms with E-state index in [-0.39, 0.29) is 18.3 Å². The number of hydrogen-bond donors (Lipinski definition) is 0. The normalized spacial score (nSPS) is 16.1. The third-order valence-electron chi connectivity index (χ3n) is 3.58. The van der Waals surface area contributed by atoms with Crippen LogP contribution in [0.5, 0.6) is 5.75 Å². The molecule has 7 heteroatoms. The summed E-state index contributed by atoms with van der Waals surface area (Å²) in [6.07, 6.45) is 0. The number of methoxy groups -OCH3 is 1. The van der Waals surface area contributed by atoms with Gasteiger partial charge < -0.3 is 14.4 Å². The highest BCUT2D eigenvalue weighted by Gasteiger charge is 2.21. The van der Waals surface area contributed by atoms with Crippen LogP contribution in [0.2, 0.25) is 0 Å². The van der Waals surface area contributed by atoms with Crippen LogP contribution < -0.4 is 4.74 Å². The Balaban J connectivity index is 1.90. The fourth-order valence-corrected chi connectivity index (χ4v) is 2.46. The molecule has 0 saturated carbocycles. The summed E-state index contributed by atoms with van der Waals surface area (Å²) in [6.45, 7) is 0.391. The first-order chi connectivity index (χ1) is 10.6. The summed E-state index contributed by atoms with van der Waals surface area (Å²) >= 11 is 0. The van der Waals surface area contributed by atoms with Gasteiger partial charge in [0.2, 0.25) is 5.91 Å². The molecule has 1 amide bonds. The highest BCUT2D eigenvalue weighted by atomic mass is 19.3. The van der Waals surface area contributed by atoms with Crippen molar-refractivity contribution in [3.63, 3.8) is 0 Å². The van der Waals surface area contributed by atoms with Gasteiger partial charge in [0.1, 0.15) is 12.4 Å². The molecule has 1 heterocycles. The number of ether oxygens (including phenoxy) is 2. The largest absolute Gasteiger partial charge is 0.434 e. The zero-order valence-corrected chi connectivity index (χ0v) is 12.5. The molecule has 0 aliphatic carbocycles. The average Bonchev–Trinajstić information content (AvgIpc) is 2.50. The van der Waals surface area contributed by atoms with Crippen molar-refractivity contribution in [2.75, 3.05) is 39.9 Å². The van der Waals surface area contributed by atoms with Crippen molar-refractivity contribution in [1.82, 2.24) is 9.80 Å². The number of carbonyl (C=O) groups excluding carboxylic acids is 1. The summed E-state index contributed by atoms with van der Waals surface area (Å²) in [4.78, 5) is 15.6. The van der Waals surface area contributed by atoms with E-state index in [2.05, 4.69) is 9.64 Å². The lowest BCUT2D eigenvalue weighted by Crippen LogP contribution is -2.49. The molecule has 2 rings (SSSR count). The van der Waals surface area contributed by atoms with Crippen molar-refractivity contribution < 1.29 is 23.0 Å².